The van der Waals surface area contributed by atoms with Gasteiger partial charge in [-0.1, -0.05) is 6.92 Å². The summed E-state index contributed by atoms with van der Waals surface area (Å²) in [5.74, 6) is 0.695. The molecule has 5 nitrogen and oxygen atoms in total. The average molecular weight is 251 g/mol. The van der Waals surface area contributed by atoms with Gasteiger partial charge in [0.1, 0.15) is 5.82 Å². The number of rotatable bonds is 2. The SMILES string of the molecule is CCc1nccn1C1CC2(CCC1N)OCCO2. The molecule has 0 amide bonds. The van der Waals surface area contributed by atoms with E-state index < -0.39 is 5.79 Å². The number of hydrogen-bond acceptors (Lipinski definition) is 4. The highest BCUT2D eigenvalue weighted by molar-refractivity contribution is 5.01. The summed E-state index contributed by atoms with van der Waals surface area (Å²) in [7, 11) is 0. The topological polar surface area (TPSA) is 62.3 Å². The van der Waals surface area contributed by atoms with E-state index in [4.69, 9.17) is 15.2 Å². The van der Waals surface area contributed by atoms with Crippen molar-refractivity contribution < 1.29 is 9.47 Å². The molecule has 1 aliphatic carbocycles. The van der Waals surface area contributed by atoms with Gasteiger partial charge in [0, 0.05) is 37.7 Å². The minimum atomic E-state index is -0.393. The van der Waals surface area contributed by atoms with E-state index in [1.807, 2.05) is 12.4 Å². The standard InChI is InChI=1S/C13H21N3O2/c1-2-12-15-5-6-16(12)11-9-13(4-3-10(11)14)17-7-8-18-13/h5-6,10-11H,2-4,7-9,14H2,1H3. The summed E-state index contributed by atoms with van der Waals surface area (Å²) in [6.07, 6.45) is 7.47. The smallest absolute Gasteiger partial charge is 0.170 e. The van der Waals surface area contributed by atoms with E-state index in [2.05, 4.69) is 16.5 Å². The lowest BCUT2D eigenvalue weighted by Crippen LogP contribution is -2.46. The fraction of sp³-hybridized carbons (Fsp3) is 0.769. The second kappa shape index (κ2) is 4.64. The zero-order chi connectivity index (χ0) is 12.6. The lowest BCUT2D eigenvalue weighted by molar-refractivity contribution is -0.187. The van der Waals surface area contributed by atoms with Crippen LogP contribution < -0.4 is 5.73 Å². The summed E-state index contributed by atoms with van der Waals surface area (Å²) in [5, 5.41) is 0. The van der Waals surface area contributed by atoms with Gasteiger partial charge in [-0.2, -0.15) is 0 Å². The monoisotopic (exact) mass is 251 g/mol. The maximum Gasteiger partial charge on any atom is 0.170 e. The van der Waals surface area contributed by atoms with E-state index in [9.17, 15) is 0 Å². The van der Waals surface area contributed by atoms with Crippen LogP contribution in [0.4, 0.5) is 0 Å². The van der Waals surface area contributed by atoms with Crippen molar-refractivity contribution in [1.29, 1.82) is 0 Å². The summed E-state index contributed by atoms with van der Waals surface area (Å²) in [4.78, 5) is 4.39. The summed E-state index contributed by atoms with van der Waals surface area (Å²) in [5.41, 5.74) is 6.28. The maximum atomic E-state index is 6.28. The maximum absolute atomic E-state index is 6.28. The van der Waals surface area contributed by atoms with Crippen molar-refractivity contribution in [2.45, 2.75) is 50.5 Å². The van der Waals surface area contributed by atoms with Gasteiger partial charge in [-0.3, -0.25) is 0 Å². The molecule has 0 radical (unpaired) electrons. The third-order valence-corrected chi connectivity index (χ3v) is 4.11. The molecule has 2 aliphatic rings. The van der Waals surface area contributed by atoms with Crippen LogP contribution in [-0.2, 0) is 15.9 Å². The van der Waals surface area contributed by atoms with Crippen LogP contribution in [-0.4, -0.2) is 34.6 Å². The first-order valence-corrected chi connectivity index (χ1v) is 6.79. The molecule has 1 aromatic heterocycles. The van der Waals surface area contributed by atoms with E-state index in [-0.39, 0.29) is 12.1 Å². The molecule has 2 unspecified atom stereocenters. The molecule has 0 bridgehead atoms. The molecule has 2 heterocycles. The molecule has 1 saturated heterocycles. The quantitative estimate of drug-likeness (QED) is 0.859. The van der Waals surface area contributed by atoms with Crippen molar-refractivity contribution in [2.75, 3.05) is 13.2 Å². The Morgan fingerprint density at radius 1 is 1.50 bits per heavy atom. The molecule has 1 aromatic rings. The number of nitrogens with zero attached hydrogens (tertiary/aromatic N) is 2. The Balaban J connectivity index is 1.85. The highest BCUT2D eigenvalue weighted by Gasteiger charge is 2.45. The molecular formula is C13H21N3O2. The van der Waals surface area contributed by atoms with Crippen molar-refractivity contribution >= 4 is 0 Å². The van der Waals surface area contributed by atoms with Gasteiger partial charge >= 0.3 is 0 Å². The van der Waals surface area contributed by atoms with Gasteiger partial charge in [0.05, 0.1) is 19.3 Å². The van der Waals surface area contributed by atoms with Crippen molar-refractivity contribution in [3.8, 4) is 0 Å². The third-order valence-electron chi connectivity index (χ3n) is 4.11. The van der Waals surface area contributed by atoms with Crippen molar-refractivity contribution in [1.82, 2.24) is 9.55 Å². The lowest BCUT2D eigenvalue weighted by Gasteiger charge is -2.40. The fourth-order valence-corrected chi connectivity index (χ4v) is 3.13. The molecule has 18 heavy (non-hydrogen) atoms. The second-order valence-corrected chi connectivity index (χ2v) is 5.19. The van der Waals surface area contributed by atoms with Crippen molar-refractivity contribution in [2.24, 2.45) is 5.73 Å². The van der Waals surface area contributed by atoms with Gasteiger partial charge in [0.2, 0.25) is 0 Å². The van der Waals surface area contributed by atoms with E-state index in [0.717, 1.165) is 31.5 Å². The molecule has 2 fully saturated rings. The van der Waals surface area contributed by atoms with Crippen LogP contribution in [0.1, 0.15) is 38.1 Å². The molecule has 2 atom stereocenters. The summed E-state index contributed by atoms with van der Waals surface area (Å²) in [6.45, 7) is 3.52. The number of aromatic nitrogens is 2. The molecular weight excluding hydrogens is 230 g/mol. The van der Waals surface area contributed by atoms with Gasteiger partial charge in [-0.05, 0) is 6.42 Å². The van der Waals surface area contributed by atoms with Crippen LogP contribution in [0.5, 0.6) is 0 Å². The third kappa shape index (κ3) is 1.96. The predicted molar refractivity (Wildman–Crippen MR) is 67.1 cm³/mol. The second-order valence-electron chi connectivity index (χ2n) is 5.19. The van der Waals surface area contributed by atoms with Crippen LogP contribution in [0.15, 0.2) is 12.4 Å². The largest absolute Gasteiger partial charge is 0.347 e. The summed E-state index contributed by atoms with van der Waals surface area (Å²) >= 11 is 0. The highest BCUT2D eigenvalue weighted by Crippen LogP contribution is 2.40. The fourth-order valence-electron chi connectivity index (χ4n) is 3.13. The molecule has 1 aliphatic heterocycles. The van der Waals surface area contributed by atoms with E-state index in [1.165, 1.54) is 0 Å². The molecule has 1 saturated carbocycles. The van der Waals surface area contributed by atoms with Gasteiger partial charge in [-0.25, -0.2) is 4.98 Å². The Hall–Kier alpha value is -0.910. The number of ether oxygens (including phenoxy) is 2. The minimum absolute atomic E-state index is 0.155. The number of nitrogens with two attached hydrogens (primary N) is 1. The molecule has 2 N–H and O–H groups in total. The molecule has 0 aromatic carbocycles. The Morgan fingerprint density at radius 2 is 2.28 bits per heavy atom. The molecule has 1 spiro atoms. The summed E-state index contributed by atoms with van der Waals surface area (Å²) < 4.78 is 13.8. The van der Waals surface area contributed by atoms with Gasteiger partial charge in [0.15, 0.2) is 5.79 Å². The highest BCUT2D eigenvalue weighted by atomic mass is 16.7. The summed E-state index contributed by atoms with van der Waals surface area (Å²) in [6, 6.07) is 0.386. The van der Waals surface area contributed by atoms with Crippen molar-refractivity contribution in [3.63, 3.8) is 0 Å². The first-order chi connectivity index (χ1) is 8.74. The number of hydrogen-bond donors (Lipinski definition) is 1. The Labute approximate surface area is 107 Å². The van der Waals surface area contributed by atoms with Crippen LogP contribution in [0, 0.1) is 0 Å². The van der Waals surface area contributed by atoms with Gasteiger partial charge in [0.25, 0.3) is 0 Å². The molecule has 100 valence electrons. The zero-order valence-electron chi connectivity index (χ0n) is 10.8. The first kappa shape index (κ1) is 12.1. The lowest BCUT2D eigenvalue weighted by atomic mass is 9.86. The van der Waals surface area contributed by atoms with Crippen LogP contribution in [0.2, 0.25) is 0 Å². The number of aryl methyl sites for hydroxylation is 1. The normalized spacial score (nSPS) is 31.0. The Kier molecular flexibility index (Phi) is 3.13. The van der Waals surface area contributed by atoms with E-state index in [1.54, 1.807) is 0 Å². The van der Waals surface area contributed by atoms with E-state index in [0.29, 0.717) is 13.2 Å². The molecule has 5 heteroatoms. The van der Waals surface area contributed by atoms with Crippen LogP contribution in [0.25, 0.3) is 0 Å². The van der Waals surface area contributed by atoms with Gasteiger partial charge in [-0.15, -0.1) is 0 Å². The Morgan fingerprint density at radius 3 is 3.00 bits per heavy atom. The average Bonchev–Trinajstić information content (AvgIpc) is 3.02. The minimum Gasteiger partial charge on any atom is -0.347 e. The first-order valence-electron chi connectivity index (χ1n) is 6.79. The predicted octanol–water partition coefficient (Wildman–Crippen LogP) is 1.24. The number of imidazole rings is 1. The molecule has 3 rings (SSSR count). The zero-order valence-corrected chi connectivity index (χ0v) is 10.8. The van der Waals surface area contributed by atoms with Crippen LogP contribution in [0.3, 0.4) is 0 Å². The van der Waals surface area contributed by atoms with Gasteiger partial charge < -0.3 is 19.8 Å². The Bertz CT molecular complexity index is 412. The van der Waals surface area contributed by atoms with Crippen molar-refractivity contribution in [3.05, 3.63) is 18.2 Å². The van der Waals surface area contributed by atoms with E-state index >= 15 is 0 Å². The van der Waals surface area contributed by atoms with Crippen LogP contribution >= 0.6 is 0 Å².